The Hall–Kier alpha value is -3.41. The maximum atomic E-state index is 11.2. The van der Waals surface area contributed by atoms with E-state index in [1.54, 1.807) is 19.1 Å². The van der Waals surface area contributed by atoms with Crippen molar-refractivity contribution in [1.29, 1.82) is 0 Å². The number of allylic oxidation sites excluding steroid dienone is 2. The first-order valence-electron chi connectivity index (χ1n) is 9.10. The number of hydrogen-bond acceptors (Lipinski definition) is 4. The molecule has 1 aromatic carbocycles. The highest BCUT2D eigenvalue weighted by atomic mass is 16.5. The Morgan fingerprint density at radius 3 is 2.14 bits per heavy atom. The van der Waals surface area contributed by atoms with Crippen LogP contribution in [0.2, 0.25) is 0 Å². The zero-order valence-corrected chi connectivity index (χ0v) is 17.1. The van der Waals surface area contributed by atoms with Gasteiger partial charge in [-0.15, -0.1) is 0 Å². The lowest BCUT2D eigenvalue weighted by molar-refractivity contribution is -0.138. The second-order valence-corrected chi connectivity index (χ2v) is 6.07. The minimum Gasteiger partial charge on any atom is -0.478 e. The van der Waals surface area contributed by atoms with Crippen molar-refractivity contribution in [3.8, 4) is 0 Å². The number of carboxylic acids is 2. The van der Waals surface area contributed by atoms with Crippen LogP contribution in [-0.4, -0.2) is 34.7 Å². The van der Waals surface area contributed by atoms with E-state index in [9.17, 15) is 14.4 Å². The number of unbranched alkanes of at least 4 members (excludes halogenated alkanes) is 1. The van der Waals surface area contributed by atoms with E-state index in [-0.39, 0.29) is 11.1 Å². The summed E-state index contributed by atoms with van der Waals surface area (Å²) in [5.74, 6) is -2.52. The Bertz CT molecular complexity index is 785. The predicted molar refractivity (Wildman–Crippen MR) is 113 cm³/mol. The van der Waals surface area contributed by atoms with Gasteiger partial charge >= 0.3 is 17.9 Å². The van der Waals surface area contributed by atoms with E-state index in [1.807, 2.05) is 43.3 Å². The van der Waals surface area contributed by atoms with Crippen molar-refractivity contribution in [3.05, 3.63) is 77.4 Å². The van der Waals surface area contributed by atoms with E-state index in [4.69, 9.17) is 14.9 Å². The summed E-state index contributed by atoms with van der Waals surface area (Å²) in [4.78, 5) is 32.1. The van der Waals surface area contributed by atoms with E-state index in [0.717, 1.165) is 18.4 Å². The first-order chi connectivity index (χ1) is 13.7. The van der Waals surface area contributed by atoms with Crippen molar-refractivity contribution in [2.24, 2.45) is 0 Å². The molecule has 0 aromatic heterocycles. The number of aliphatic carboxylic acids is 2. The third-order valence-corrected chi connectivity index (χ3v) is 3.49. The van der Waals surface area contributed by atoms with Crippen LogP contribution in [-0.2, 0) is 19.1 Å². The molecule has 2 N–H and O–H groups in total. The average Bonchev–Trinajstić information content (AvgIpc) is 2.69. The number of hydrogen-bond donors (Lipinski definition) is 2. The highest BCUT2D eigenvalue weighted by molar-refractivity contribution is 5.94. The zero-order valence-electron chi connectivity index (χ0n) is 17.1. The van der Waals surface area contributed by atoms with Crippen molar-refractivity contribution in [2.75, 3.05) is 6.61 Å². The van der Waals surface area contributed by atoms with Crippen LogP contribution in [0.3, 0.4) is 0 Å². The zero-order chi connectivity index (χ0) is 22.2. The Balaban J connectivity index is 0.000000541. The molecule has 0 aliphatic carbocycles. The predicted octanol–water partition coefficient (Wildman–Crippen LogP) is 4.65. The van der Waals surface area contributed by atoms with Crippen LogP contribution in [0.5, 0.6) is 0 Å². The van der Waals surface area contributed by atoms with Gasteiger partial charge in [0, 0.05) is 11.1 Å². The fourth-order valence-electron chi connectivity index (χ4n) is 1.72. The van der Waals surface area contributed by atoms with Crippen LogP contribution in [0.4, 0.5) is 0 Å². The van der Waals surface area contributed by atoms with Gasteiger partial charge in [0.05, 0.1) is 12.2 Å². The van der Waals surface area contributed by atoms with Gasteiger partial charge in [-0.25, -0.2) is 14.4 Å². The summed E-state index contributed by atoms with van der Waals surface area (Å²) in [7, 11) is 0. The molecule has 0 aliphatic rings. The minimum atomic E-state index is -1.07. The number of rotatable bonds is 9. The summed E-state index contributed by atoms with van der Waals surface area (Å²) in [6.07, 6.45) is 8.11. The Labute approximate surface area is 171 Å². The largest absolute Gasteiger partial charge is 0.478 e. The smallest absolute Gasteiger partial charge is 0.337 e. The molecule has 0 spiro atoms. The molecule has 0 radical (unpaired) electrons. The molecule has 0 aliphatic heterocycles. The number of esters is 1. The molecular weight excluding hydrogens is 372 g/mol. The van der Waals surface area contributed by atoms with E-state index in [0.29, 0.717) is 12.2 Å². The molecule has 1 aromatic rings. The van der Waals surface area contributed by atoms with Crippen LogP contribution < -0.4 is 0 Å². The number of ether oxygens (including phenoxy) is 1. The van der Waals surface area contributed by atoms with E-state index in [2.05, 4.69) is 6.58 Å². The molecule has 0 unspecified atom stereocenters. The second-order valence-electron chi connectivity index (χ2n) is 6.07. The van der Waals surface area contributed by atoms with Crippen LogP contribution >= 0.6 is 0 Å². The van der Waals surface area contributed by atoms with E-state index < -0.39 is 17.9 Å². The van der Waals surface area contributed by atoms with Gasteiger partial charge in [-0.3, -0.25) is 0 Å². The molecule has 0 saturated heterocycles. The van der Waals surface area contributed by atoms with Crippen molar-refractivity contribution in [3.63, 3.8) is 0 Å². The van der Waals surface area contributed by atoms with Crippen molar-refractivity contribution in [1.82, 2.24) is 0 Å². The van der Waals surface area contributed by atoms with Crippen molar-refractivity contribution >= 4 is 24.0 Å². The van der Waals surface area contributed by atoms with E-state index >= 15 is 0 Å². The number of carbonyl (C=O) groups excluding carboxylic acids is 1. The van der Waals surface area contributed by atoms with Crippen LogP contribution in [0.1, 0.15) is 39.2 Å². The van der Waals surface area contributed by atoms with Gasteiger partial charge in [-0.05, 0) is 31.9 Å². The lowest BCUT2D eigenvalue weighted by Crippen LogP contribution is -2.08. The van der Waals surface area contributed by atoms with Crippen LogP contribution in [0.15, 0.2) is 71.9 Å². The van der Waals surface area contributed by atoms with Crippen molar-refractivity contribution in [2.45, 2.75) is 33.6 Å². The quantitative estimate of drug-likeness (QED) is 0.271. The van der Waals surface area contributed by atoms with Gasteiger partial charge in [0.1, 0.15) is 0 Å². The molecule has 0 saturated carbocycles. The highest BCUT2D eigenvalue weighted by Crippen LogP contribution is 2.04. The maximum absolute atomic E-state index is 11.2. The molecule has 0 heterocycles. The SMILES string of the molecule is C=C(C=C(C)C(=O)O)C(=O)OCCCC.CC(=CC=Cc1ccccc1)C(=O)O. The number of carbonyl (C=O) groups is 3. The molecule has 156 valence electrons. The number of carboxylic acid groups (broad SMARTS) is 2. The van der Waals surface area contributed by atoms with Gasteiger partial charge in [0.15, 0.2) is 0 Å². The minimum absolute atomic E-state index is 0.0611. The lowest BCUT2D eigenvalue weighted by Gasteiger charge is -2.03. The first kappa shape index (κ1) is 25.6. The molecule has 0 bridgehead atoms. The highest BCUT2D eigenvalue weighted by Gasteiger charge is 2.08. The second kappa shape index (κ2) is 14.6. The average molecular weight is 400 g/mol. The molecule has 1 rings (SSSR count). The molecule has 29 heavy (non-hydrogen) atoms. The van der Waals surface area contributed by atoms with Gasteiger partial charge in [0.2, 0.25) is 0 Å². The van der Waals surface area contributed by atoms with Crippen molar-refractivity contribution < 1.29 is 29.3 Å². The van der Waals surface area contributed by atoms with Gasteiger partial charge in [-0.2, -0.15) is 0 Å². The lowest BCUT2D eigenvalue weighted by atomic mass is 10.2. The molecule has 6 nitrogen and oxygen atoms in total. The molecular formula is C23H28O6. The monoisotopic (exact) mass is 400 g/mol. The summed E-state index contributed by atoms with van der Waals surface area (Å²) < 4.78 is 4.85. The standard InChI is InChI=1S/C12H12O2.C11H16O4/c1-10(12(13)14)6-5-9-11-7-3-2-4-8-11;1-4-5-6-15-11(14)9(3)7-8(2)10(12)13/h2-9H,1H3,(H,13,14);7H,3-6H2,1-2H3,(H,12,13). The van der Waals surface area contributed by atoms with Crippen LogP contribution in [0.25, 0.3) is 6.08 Å². The topological polar surface area (TPSA) is 101 Å². The maximum Gasteiger partial charge on any atom is 0.337 e. The Kier molecular flexibility index (Phi) is 12.9. The van der Waals surface area contributed by atoms with E-state index in [1.165, 1.54) is 13.0 Å². The summed E-state index contributed by atoms with van der Waals surface area (Å²) >= 11 is 0. The summed E-state index contributed by atoms with van der Waals surface area (Å²) in [6, 6.07) is 9.73. The molecule has 0 fully saturated rings. The van der Waals surface area contributed by atoms with Gasteiger partial charge in [0.25, 0.3) is 0 Å². The summed E-state index contributed by atoms with van der Waals surface area (Å²) in [5.41, 5.74) is 1.51. The first-order valence-corrected chi connectivity index (χ1v) is 9.10. The Morgan fingerprint density at radius 2 is 1.62 bits per heavy atom. The fourth-order valence-corrected chi connectivity index (χ4v) is 1.72. The number of benzene rings is 1. The molecule has 0 amide bonds. The third kappa shape index (κ3) is 12.6. The fraction of sp³-hybridized carbons (Fsp3) is 0.261. The summed E-state index contributed by atoms with van der Waals surface area (Å²) in [6.45, 7) is 8.73. The normalized spacial score (nSPS) is 11.4. The molecule has 0 atom stereocenters. The van der Waals surface area contributed by atoms with Crippen LogP contribution in [0, 0.1) is 0 Å². The Morgan fingerprint density at radius 1 is 1.03 bits per heavy atom. The summed E-state index contributed by atoms with van der Waals surface area (Å²) in [5, 5.41) is 17.1. The molecule has 6 heteroatoms. The third-order valence-electron chi connectivity index (χ3n) is 3.49. The van der Waals surface area contributed by atoms with Gasteiger partial charge in [-0.1, -0.05) is 68.5 Å². The van der Waals surface area contributed by atoms with Gasteiger partial charge < -0.3 is 14.9 Å².